The van der Waals surface area contributed by atoms with E-state index in [0.29, 0.717) is 43.9 Å². The summed E-state index contributed by atoms with van der Waals surface area (Å²) in [6, 6.07) is 13.9. The summed E-state index contributed by atoms with van der Waals surface area (Å²) < 4.78 is 34.0. The van der Waals surface area contributed by atoms with Crippen molar-refractivity contribution in [2.75, 3.05) is 39.1 Å². The molecule has 204 valence electrons. The summed E-state index contributed by atoms with van der Waals surface area (Å²) in [6.07, 6.45) is 1.85. The fourth-order valence-corrected chi connectivity index (χ4v) is 5.26. The third-order valence-electron chi connectivity index (χ3n) is 6.54. The Kier molecular flexibility index (Phi) is 8.90. The molecule has 0 unspecified atom stereocenters. The van der Waals surface area contributed by atoms with E-state index in [-0.39, 0.29) is 43.5 Å². The van der Waals surface area contributed by atoms with Crippen molar-refractivity contribution in [3.8, 4) is 11.5 Å². The van der Waals surface area contributed by atoms with Gasteiger partial charge in [-0.15, -0.1) is 0 Å². The highest BCUT2D eigenvalue weighted by Gasteiger charge is 2.19. The van der Waals surface area contributed by atoms with E-state index in [9.17, 15) is 18.0 Å². The topological polar surface area (TPSA) is 144 Å². The zero-order valence-corrected chi connectivity index (χ0v) is 22.3. The molecular weight excluding hydrogens is 508 g/mol. The molecule has 1 aliphatic heterocycles. The van der Waals surface area contributed by atoms with Gasteiger partial charge in [0, 0.05) is 42.5 Å². The normalized spacial score (nSPS) is 15.4. The Labute approximate surface area is 222 Å². The molecule has 0 fully saturated rings. The maximum absolute atomic E-state index is 12.8. The number of nitrogens with zero attached hydrogens (tertiary/aromatic N) is 1. The van der Waals surface area contributed by atoms with Crippen LogP contribution in [0.2, 0.25) is 0 Å². The molecule has 2 heterocycles. The molecule has 0 spiro atoms. The number of para-hydroxylation sites is 1. The molecule has 1 aliphatic rings. The Bertz CT molecular complexity index is 1400. The lowest BCUT2D eigenvalue weighted by Gasteiger charge is -2.23. The number of nitrogens with one attached hydrogen (secondary N) is 2. The number of amides is 2. The number of carbonyl (C=O) groups excluding carboxylic acids is 2. The lowest BCUT2D eigenvalue weighted by atomic mass is 10.0. The maximum atomic E-state index is 12.8. The first-order valence-electron chi connectivity index (χ1n) is 12.7. The van der Waals surface area contributed by atoms with Crippen molar-refractivity contribution in [1.82, 2.24) is 15.2 Å². The van der Waals surface area contributed by atoms with Crippen LogP contribution in [0.1, 0.15) is 36.1 Å². The molecule has 4 rings (SSSR count). The fourth-order valence-electron chi connectivity index (χ4n) is 4.71. The van der Waals surface area contributed by atoms with E-state index in [0.717, 1.165) is 27.7 Å². The minimum Gasteiger partial charge on any atom is -0.493 e. The zero-order valence-electron chi connectivity index (χ0n) is 21.5. The molecule has 38 heavy (non-hydrogen) atoms. The van der Waals surface area contributed by atoms with E-state index in [4.69, 9.17) is 14.6 Å². The van der Waals surface area contributed by atoms with Crippen molar-refractivity contribution in [1.29, 1.82) is 0 Å². The molecule has 0 saturated carbocycles. The Balaban J connectivity index is 1.58. The standard InChI is InChI=1S/C27H34N4O6S/c1-36-24-10-9-19-16-23-21(20-6-2-3-7-22(20)30-23)11-12-29-26(32)18-31(13-5-14-37-25(24)17-19)27(33)8-4-15-38(28,34)35/h2-3,6-7,9-10,17,30H,4-5,8,11-16,18H2,1H3,(H,29,32)(H2,28,34,35). The number of carbonyl (C=O) groups is 2. The molecule has 3 aromatic rings. The van der Waals surface area contributed by atoms with Gasteiger partial charge in [-0.3, -0.25) is 9.59 Å². The summed E-state index contributed by atoms with van der Waals surface area (Å²) in [4.78, 5) is 30.6. The van der Waals surface area contributed by atoms with Crippen LogP contribution < -0.4 is 19.9 Å². The summed E-state index contributed by atoms with van der Waals surface area (Å²) in [6.45, 7) is 0.891. The minimum absolute atomic E-state index is 0.0147. The Morgan fingerprint density at radius 1 is 1.21 bits per heavy atom. The van der Waals surface area contributed by atoms with Gasteiger partial charge in [0.2, 0.25) is 21.8 Å². The number of sulfonamides is 1. The molecule has 2 bridgehead atoms. The first-order chi connectivity index (χ1) is 18.2. The van der Waals surface area contributed by atoms with Crippen LogP contribution >= 0.6 is 0 Å². The molecule has 2 aromatic carbocycles. The highest BCUT2D eigenvalue weighted by Crippen LogP contribution is 2.31. The number of methoxy groups -OCH3 is 1. The minimum atomic E-state index is -3.66. The highest BCUT2D eigenvalue weighted by molar-refractivity contribution is 7.89. The van der Waals surface area contributed by atoms with Crippen LogP contribution in [0.5, 0.6) is 11.5 Å². The smallest absolute Gasteiger partial charge is 0.239 e. The van der Waals surface area contributed by atoms with Crippen molar-refractivity contribution >= 4 is 32.7 Å². The lowest BCUT2D eigenvalue weighted by Crippen LogP contribution is -2.42. The van der Waals surface area contributed by atoms with Crippen molar-refractivity contribution < 1.29 is 27.5 Å². The average Bonchev–Trinajstić information content (AvgIpc) is 3.21. The van der Waals surface area contributed by atoms with Gasteiger partial charge < -0.3 is 24.7 Å². The number of nitrogens with two attached hydrogens (primary N) is 1. The first-order valence-corrected chi connectivity index (χ1v) is 14.4. The number of aromatic amines is 1. The van der Waals surface area contributed by atoms with E-state index >= 15 is 0 Å². The number of ether oxygens (including phenoxy) is 2. The van der Waals surface area contributed by atoms with E-state index < -0.39 is 10.0 Å². The van der Waals surface area contributed by atoms with Gasteiger partial charge in [0.15, 0.2) is 11.5 Å². The first kappa shape index (κ1) is 27.5. The molecule has 4 N–H and O–H groups in total. The molecule has 1 aromatic heterocycles. The van der Waals surface area contributed by atoms with E-state index in [1.807, 2.05) is 36.4 Å². The van der Waals surface area contributed by atoms with Gasteiger partial charge in [-0.05, 0) is 48.6 Å². The number of aromatic nitrogens is 1. The van der Waals surface area contributed by atoms with Crippen molar-refractivity contribution in [3.63, 3.8) is 0 Å². The van der Waals surface area contributed by atoms with Crippen molar-refractivity contribution in [2.24, 2.45) is 5.14 Å². The summed E-state index contributed by atoms with van der Waals surface area (Å²) in [7, 11) is -2.07. The van der Waals surface area contributed by atoms with Gasteiger partial charge in [-0.2, -0.15) is 0 Å². The monoisotopic (exact) mass is 542 g/mol. The third kappa shape index (κ3) is 7.26. The number of fused-ring (bicyclic) bond motifs is 5. The third-order valence-corrected chi connectivity index (χ3v) is 7.40. The van der Waals surface area contributed by atoms with Gasteiger partial charge in [0.05, 0.1) is 26.0 Å². The van der Waals surface area contributed by atoms with Crippen LogP contribution in [-0.2, 0) is 32.5 Å². The SMILES string of the molecule is COc1ccc2cc1OCCCN(C(=O)CCCS(N)(=O)=O)CC(=O)NCCc1c([nH]c3ccccc13)C2. The Hall–Kier alpha value is -3.57. The average molecular weight is 543 g/mol. The van der Waals surface area contributed by atoms with Crippen LogP contribution in [0.25, 0.3) is 10.9 Å². The second-order valence-corrected chi connectivity index (χ2v) is 11.1. The van der Waals surface area contributed by atoms with Gasteiger partial charge in [-0.25, -0.2) is 13.6 Å². The van der Waals surface area contributed by atoms with E-state index in [1.165, 1.54) is 4.90 Å². The predicted octanol–water partition coefficient (Wildman–Crippen LogP) is 2.11. The fraction of sp³-hybridized carbons (Fsp3) is 0.407. The van der Waals surface area contributed by atoms with Crippen molar-refractivity contribution in [3.05, 3.63) is 59.3 Å². The summed E-state index contributed by atoms with van der Waals surface area (Å²) >= 11 is 0. The van der Waals surface area contributed by atoms with Gasteiger partial charge >= 0.3 is 0 Å². The number of H-pyrrole nitrogens is 1. The number of rotatable bonds is 5. The predicted molar refractivity (Wildman–Crippen MR) is 145 cm³/mol. The number of hydrogen-bond acceptors (Lipinski definition) is 6. The van der Waals surface area contributed by atoms with E-state index in [2.05, 4.69) is 16.4 Å². The summed E-state index contributed by atoms with van der Waals surface area (Å²) in [5.74, 6) is 0.361. The van der Waals surface area contributed by atoms with Crippen molar-refractivity contribution in [2.45, 2.75) is 32.1 Å². The maximum Gasteiger partial charge on any atom is 0.239 e. The zero-order chi connectivity index (χ0) is 27.1. The molecule has 0 saturated heterocycles. The second-order valence-electron chi connectivity index (χ2n) is 9.38. The number of hydrogen-bond donors (Lipinski definition) is 3. The lowest BCUT2D eigenvalue weighted by molar-refractivity contribution is -0.136. The van der Waals surface area contributed by atoms with Crippen LogP contribution in [-0.4, -0.2) is 69.2 Å². The van der Waals surface area contributed by atoms with Crippen LogP contribution in [0.3, 0.4) is 0 Å². The van der Waals surface area contributed by atoms with Crippen LogP contribution in [0.4, 0.5) is 0 Å². The molecule has 0 radical (unpaired) electrons. The number of benzene rings is 2. The van der Waals surface area contributed by atoms with Gasteiger partial charge in [0.1, 0.15) is 0 Å². The molecule has 10 nitrogen and oxygen atoms in total. The van der Waals surface area contributed by atoms with Gasteiger partial charge in [-0.1, -0.05) is 24.3 Å². The van der Waals surface area contributed by atoms with Gasteiger partial charge in [0.25, 0.3) is 0 Å². The quantitative estimate of drug-likeness (QED) is 0.451. The molecule has 2 amide bonds. The second kappa shape index (κ2) is 12.3. The van der Waals surface area contributed by atoms with Crippen LogP contribution in [0.15, 0.2) is 42.5 Å². The van der Waals surface area contributed by atoms with E-state index in [1.54, 1.807) is 7.11 Å². The highest BCUT2D eigenvalue weighted by atomic mass is 32.2. The molecular formula is C27H34N4O6S. The summed E-state index contributed by atoms with van der Waals surface area (Å²) in [5, 5.41) is 9.10. The molecule has 0 aliphatic carbocycles. The Morgan fingerprint density at radius 2 is 2.03 bits per heavy atom. The largest absolute Gasteiger partial charge is 0.493 e. The summed E-state index contributed by atoms with van der Waals surface area (Å²) in [5.41, 5.74) is 4.27. The Morgan fingerprint density at radius 3 is 2.82 bits per heavy atom. The van der Waals surface area contributed by atoms with Crippen LogP contribution in [0, 0.1) is 0 Å². The molecule has 0 atom stereocenters. The molecule has 11 heteroatoms. The number of primary sulfonamides is 1.